The average Bonchev–Trinajstić information content (AvgIpc) is 3.13. The van der Waals surface area contributed by atoms with Crippen molar-refractivity contribution in [2.45, 2.75) is 39.2 Å². The largest absolute Gasteiger partial charge is 0.495 e. The van der Waals surface area contributed by atoms with Crippen molar-refractivity contribution >= 4 is 52.1 Å². The molecule has 2 aliphatic heterocycles. The molecule has 2 amide bonds. The van der Waals surface area contributed by atoms with E-state index >= 15 is 0 Å². The van der Waals surface area contributed by atoms with E-state index in [1.807, 2.05) is 11.8 Å². The Morgan fingerprint density at radius 1 is 1.13 bits per heavy atom. The normalized spacial score (nSPS) is 18.7. The lowest BCUT2D eigenvalue weighted by atomic mass is 9.99. The number of thiocarbonyl (C=S) groups is 1. The summed E-state index contributed by atoms with van der Waals surface area (Å²) >= 11 is 12.2. The Bertz CT molecular complexity index is 1150. The van der Waals surface area contributed by atoms with Crippen LogP contribution in [-0.2, 0) is 9.59 Å². The van der Waals surface area contributed by atoms with Crippen LogP contribution in [0.5, 0.6) is 11.5 Å². The van der Waals surface area contributed by atoms with Gasteiger partial charge in [-0.1, -0.05) is 18.5 Å². The summed E-state index contributed by atoms with van der Waals surface area (Å²) < 4.78 is 10.7. The number of hydrogen-bond acceptors (Lipinski definition) is 6. The van der Waals surface area contributed by atoms with Crippen LogP contribution in [0, 0.1) is 5.92 Å². The SMILES string of the molecule is CCOc1ccc(NC(=O)C[C@@H]2C(=O)N(c3ccc(OC)c(Cl)c3)C(=S)N2CCN2CCC(C)CC2)cc1. The maximum absolute atomic E-state index is 13.7. The van der Waals surface area contributed by atoms with E-state index in [0.717, 1.165) is 44.1 Å². The van der Waals surface area contributed by atoms with Crippen LogP contribution in [0.1, 0.15) is 33.1 Å². The number of benzene rings is 2. The Hall–Kier alpha value is -2.88. The fourth-order valence-corrected chi connectivity index (χ4v) is 5.51. The minimum atomic E-state index is -0.713. The van der Waals surface area contributed by atoms with Gasteiger partial charge in [-0.05, 0) is 93.5 Å². The molecule has 0 radical (unpaired) electrons. The van der Waals surface area contributed by atoms with Gasteiger partial charge in [0, 0.05) is 18.8 Å². The highest BCUT2D eigenvalue weighted by atomic mass is 35.5. The molecule has 204 valence electrons. The summed E-state index contributed by atoms with van der Waals surface area (Å²) in [7, 11) is 1.54. The van der Waals surface area contributed by atoms with Gasteiger partial charge in [-0.15, -0.1) is 0 Å². The number of ether oxygens (including phenoxy) is 2. The van der Waals surface area contributed by atoms with Gasteiger partial charge < -0.3 is 24.6 Å². The molecule has 1 N–H and O–H groups in total. The number of piperidine rings is 1. The van der Waals surface area contributed by atoms with Crippen molar-refractivity contribution in [1.29, 1.82) is 0 Å². The Kier molecular flexibility index (Phi) is 9.46. The van der Waals surface area contributed by atoms with Gasteiger partial charge in [-0.25, -0.2) is 0 Å². The van der Waals surface area contributed by atoms with Gasteiger partial charge in [-0.2, -0.15) is 0 Å². The number of nitrogens with one attached hydrogen (secondary N) is 1. The first-order chi connectivity index (χ1) is 18.3. The molecule has 0 bridgehead atoms. The first-order valence-corrected chi connectivity index (χ1v) is 13.8. The molecule has 0 aliphatic carbocycles. The number of methoxy groups -OCH3 is 1. The summed E-state index contributed by atoms with van der Waals surface area (Å²) in [6.07, 6.45) is 2.30. The molecule has 4 rings (SSSR count). The predicted molar refractivity (Wildman–Crippen MR) is 154 cm³/mol. The van der Waals surface area contributed by atoms with E-state index in [0.29, 0.717) is 40.4 Å². The molecule has 0 unspecified atom stereocenters. The first-order valence-electron chi connectivity index (χ1n) is 13.0. The average molecular weight is 559 g/mol. The number of amides is 2. The number of anilines is 2. The van der Waals surface area contributed by atoms with E-state index in [4.69, 9.17) is 33.3 Å². The van der Waals surface area contributed by atoms with Gasteiger partial charge in [-0.3, -0.25) is 14.5 Å². The van der Waals surface area contributed by atoms with Crippen LogP contribution in [-0.4, -0.2) is 72.7 Å². The molecule has 8 nitrogen and oxygen atoms in total. The van der Waals surface area contributed by atoms with Gasteiger partial charge in [0.25, 0.3) is 5.91 Å². The molecular weight excluding hydrogens is 524 g/mol. The van der Waals surface area contributed by atoms with Gasteiger partial charge in [0.2, 0.25) is 5.91 Å². The summed E-state index contributed by atoms with van der Waals surface area (Å²) in [5.41, 5.74) is 1.19. The molecule has 0 spiro atoms. The molecule has 0 aromatic heterocycles. The number of likely N-dealkylation sites (tertiary alicyclic amines) is 1. The molecule has 2 aromatic carbocycles. The van der Waals surface area contributed by atoms with Crippen LogP contribution >= 0.6 is 23.8 Å². The number of hydrogen-bond donors (Lipinski definition) is 1. The van der Waals surface area contributed by atoms with E-state index in [2.05, 4.69) is 17.1 Å². The minimum Gasteiger partial charge on any atom is -0.495 e. The number of rotatable bonds is 10. The van der Waals surface area contributed by atoms with Crippen molar-refractivity contribution in [3.63, 3.8) is 0 Å². The van der Waals surface area contributed by atoms with E-state index in [9.17, 15) is 9.59 Å². The van der Waals surface area contributed by atoms with Crippen molar-refractivity contribution in [1.82, 2.24) is 9.80 Å². The number of carbonyl (C=O) groups is 2. The molecule has 2 aliphatic rings. The third-order valence-electron chi connectivity index (χ3n) is 7.07. The van der Waals surface area contributed by atoms with Gasteiger partial charge in [0.05, 0.1) is 30.8 Å². The highest BCUT2D eigenvalue weighted by Gasteiger charge is 2.44. The third kappa shape index (κ3) is 6.57. The van der Waals surface area contributed by atoms with Crippen molar-refractivity contribution in [2.75, 3.05) is 50.1 Å². The molecule has 0 saturated carbocycles. The lowest BCUT2D eigenvalue weighted by molar-refractivity contribution is -0.124. The summed E-state index contributed by atoms with van der Waals surface area (Å²) in [5.74, 6) is 1.46. The number of carbonyl (C=O) groups excluding carboxylic acids is 2. The lowest BCUT2D eigenvalue weighted by Crippen LogP contribution is -2.44. The van der Waals surface area contributed by atoms with E-state index in [1.54, 1.807) is 42.5 Å². The van der Waals surface area contributed by atoms with Crippen molar-refractivity contribution in [3.05, 3.63) is 47.5 Å². The second-order valence-corrected chi connectivity index (χ2v) is 10.5. The van der Waals surface area contributed by atoms with Crippen molar-refractivity contribution in [3.8, 4) is 11.5 Å². The molecule has 2 aromatic rings. The summed E-state index contributed by atoms with van der Waals surface area (Å²) in [5, 5.41) is 3.66. The smallest absolute Gasteiger partial charge is 0.256 e. The topological polar surface area (TPSA) is 74.3 Å². The highest BCUT2D eigenvalue weighted by molar-refractivity contribution is 7.80. The predicted octanol–water partition coefficient (Wildman–Crippen LogP) is 4.81. The molecule has 1 atom stereocenters. The van der Waals surface area contributed by atoms with Crippen molar-refractivity contribution < 1.29 is 19.1 Å². The van der Waals surface area contributed by atoms with Gasteiger partial charge in [0.15, 0.2) is 5.11 Å². The maximum Gasteiger partial charge on any atom is 0.256 e. The van der Waals surface area contributed by atoms with Crippen LogP contribution in [0.25, 0.3) is 0 Å². The quantitative estimate of drug-likeness (QED) is 0.419. The molecular formula is C28H35ClN4O4S. The molecule has 10 heteroatoms. The summed E-state index contributed by atoms with van der Waals surface area (Å²) in [4.78, 5) is 32.5. The van der Waals surface area contributed by atoms with E-state index < -0.39 is 6.04 Å². The summed E-state index contributed by atoms with van der Waals surface area (Å²) in [6, 6.07) is 11.6. The lowest BCUT2D eigenvalue weighted by Gasteiger charge is -2.32. The van der Waals surface area contributed by atoms with E-state index in [1.165, 1.54) is 12.0 Å². The van der Waals surface area contributed by atoms with Crippen LogP contribution in [0.2, 0.25) is 5.02 Å². The monoisotopic (exact) mass is 558 g/mol. The van der Waals surface area contributed by atoms with Crippen LogP contribution in [0.3, 0.4) is 0 Å². The Labute approximate surface area is 234 Å². The van der Waals surface area contributed by atoms with Crippen LogP contribution in [0.15, 0.2) is 42.5 Å². The molecule has 2 fully saturated rings. The minimum absolute atomic E-state index is 0.0242. The van der Waals surface area contributed by atoms with E-state index in [-0.39, 0.29) is 18.2 Å². The highest BCUT2D eigenvalue weighted by Crippen LogP contribution is 2.33. The zero-order chi connectivity index (χ0) is 27.2. The number of halogens is 1. The molecule has 2 saturated heterocycles. The Morgan fingerprint density at radius 2 is 1.84 bits per heavy atom. The first kappa shape index (κ1) is 28.1. The number of nitrogens with zero attached hydrogens (tertiary/aromatic N) is 3. The van der Waals surface area contributed by atoms with Gasteiger partial charge >= 0.3 is 0 Å². The molecule has 38 heavy (non-hydrogen) atoms. The Balaban J connectivity index is 1.51. The zero-order valence-electron chi connectivity index (χ0n) is 22.1. The summed E-state index contributed by atoms with van der Waals surface area (Å²) in [6.45, 7) is 8.14. The fraction of sp³-hybridized carbons (Fsp3) is 0.464. The van der Waals surface area contributed by atoms with Gasteiger partial charge in [0.1, 0.15) is 17.5 Å². The second-order valence-electron chi connectivity index (χ2n) is 9.72. The Morgan fingerprint density at radius 3 is 2.47 bits per heavy atom. The third-order valence-corrected chi connectivity index (χ3v) is 7.79. The maximum atomic E-state index is 13.7. The van der Waals surface area contributed by atoms with Crippen molar-refractivity contribution in [2.24, 2.45) is 5.92 Å². The fourth-order valence-electron chi connectivity index (χ4n) is 4.84. The second kappa shape index (κ2) is 12.8. The van der Waals surface area contributed by atoms with Crippen LogP contribution in [0.4, 0.5) is 11.4 Å². The standard InChI is InChI=1S/C28H35ClN4O4S/c1-4-37-22-8-5-20(6-9-22)30-26(34)18-24-27(35)33(21-7-10-25(36-3)23(29)17-21)28(38)32(24)16-15-31-13-11-19(2)12-14-31/h5-10,17,19,24H,4,11-16,18H2,1-3H3,(H,30,34)/t24-/m1/s1. The zero-order valence-corrected chi connectivity index (χ0v) is 23.7. The van der Waals surface area contributed by atoms with Crippen LogP contribution < -0.4 is 19.7 Å². The molecule has 2 heterocycles.